The van der Waals surface area contributed by atoms with E-state index in [1.807, 2.05) is 0 Å². The van der Waals surface area contributed by atoms with Gasteiger partial charge in [-0.2, -0.15) is 0 Å². The van der Waals surface area contributed by atoms with Gasteiger partial charge in [-0.3, -0.25) is 0 Å². The van der Waals surface area contributed by atoms with Gasteiger partial charge in [0.15, 0.2) is 0 Å². The molecular formula is C14H30N2O. The summed E-state index contributed by atoms with van der Waals surface area (Å²) in [6.45, 7) is 11.1. The van der Waals surface area contributed by atoms with Crippen molar-refractivity contribution in [2.75, 3.05) is 26.2 Å². The van der Waals surface area contributed by atoms with Gasteiger partial charge in [-0.25, -0.2) is 0 Å². The van der Waals surface area contributed by atoms with Gasteiger partial charge in [-0.15, -0.1) is 0 Å². The summed E-state index contributed by atoms with van der Waals surface area (Å²) >= 11 is 0. The van der Waals surface area contributed by atoms with E-state index in [1.54, 1.807) is 0 Å². The van der Waals surface area contributed by atoms with Crippen LogP contribution in [0.1, 0.15) is 46.5 Å². The van der Waals surface area contributed by atoms with Crippen molar-refractivity contribution in [3.63, 3.8) is 0 Å². The highest BCUT2D eigenvalue weighted by atomic mass is 16.5. The Balaban J connectivity index is 2.17. The van der Waals surface area contributed by atoms with Crippen molar-refractivity contribution in [2.45, 2.75) is 58.6 Å². The summed E-state index contributed by atoms with van der Waals surface area (Å²) in [5.74, 6) is 0.777. The lowest BCUT2D eigenvalue weighted by Gasteiger charge is -2.25. The molecule has 17 heavy (non-hydrogen) atoms. The molecule has 1 saturated heterocycles. The summed E-state index contributed by atoms with van der Waals surface area (Å²) in [7, 11) is 0. The number of rotatable bonds is 6. The molecule has 0 radical (unpaired) electrons. The molecule has 0 spiro atoms. The summed E-state index contributed by atoms with van der Waals surface area (Å²) in [4.78, 5) is 2.56. The Morgan fingerprint density at radius 1 is 1.35 bits per heavy atom. The summed E-state index contributed by atoms with van der Waals surface area (Å²) in [5, 5.41) is 0. The van der Waals surface area contributed by atoms with Gasteiger partial charge < -0.3 is 15.4 Å². The molecule has 3 atom stereocenters. The third-order valence-corrected chi connectivity index (χ3v) is 3.46. The SMILES string of the molecule is CC(N)CCCC(C)CN1CCCOC(C)C1. The second-order valence-corrected chi connectivity index (χ2v) is 5.81. The predicted molar refractivity (Wildman–Crippen MR) is 73.1 cm³/mol. The third-order valence-electron chi connectivity index (χ3n) is 3.46. The normalized spacial score (nSPS) is 26.5. The first-order valence-corrected chi connectivity index (χ1v) is 7.17. The minimum Gasteiger partial charge on any atom is -0.377 e. The Hall–Kier alpha value is -0.120. The van der Waals surface area contributed by atoms with Gasteiger partial charge in [-0.05, 0) is 39.0 Å². The maximum Gasteiger partial charge on any atom is 0.0673 e. The summed E-state index contributed by atoms with van der Waals surface area (Å²) < 4.78 is 5.67. The van der Waals surface area contributed by atoms with Crippen LogP contribution in [0.2, 0.25) is 0 Å². The molecule has 0 aromatic carbocycles. The van der Waals surface area contributed by atoms with Crippen LogP contribution < -0.4 is 5.73 Å². The molecule has 0 saturated carbocycles. The summed E-state index contributed by atoms with van der Waals surface area (Å²) in [5.41, 5.74) is 5.77. The van der Waals surface area contributed by atoms with Gasteiger partial charge in [0.25, 0.3) is 0 Å². The molecule has 1 aliphatic rings. The lowest BCUT2D eigenvalue weighted by Crippen LogP contribution is -2.34. The maximum absolute atomic E-state index is 5.77. The first-order valence-electron chi connectivity index (χ1n) is 7.17. The minimum absolute atomic E-state index is 0.355. The molecule has 1 aliphatic heterocycles. The average Bonchev–Trinajstić information content (AvgIpc) is 2.42. The van der Waals surface area contributed by atoms with E-state index in [-0.39, 0.29) is 0 Å². The van der Waals surface area contributed by atoms with Crippen molar-refractivity contribution in [3.8, 4) is 0 Å². The maximum atomic E-state index is 5.77. The zero-order valence-electron chi connectivity index (χ0n) is 11.8. The van der Waals surface area contributed by atoms with E-state index in [2.05, 4.69) is 25.7 Å². The lowest BCUT2D eigenvalue weighted by atomic mass is 10.0. The molecule has 0 amide bonds. The Morgan fingerprint density at radius 2 is 2.12 bits per heavy atom. The molecule has 0 aromatic rings. The highest BCUT2D eigenvalue weighted by Gasteiger charge is 2.16. The quantitative estimate of drug-likeness (QED) is 0.776. The van der Waals surface area contributed by atoms with E-state index in [9.17, 15) is 0 Å². The molecule has 1 heterocycles. The minimum atomic E-state index is 0.355. The molecule has 1 rings (SSSR count). The van der Waals surface area contributed by atoms with Crippen molar-refractivity contribution in [1.82, 2.24) is 4.90 Å². The number of nitrogens with two attached hydrogens (primary N) is 1. The number of hydrogen-bond donors (Lipinski definition) is 1. The van der Waals surface area contributed by atoms with Crippen molar-refractivity contribution in [3.05, 3.63) is 0 Å². The van der Waals surface area contributed by atoms with E-state index >= 15 is 0 Å². The zero-order chi connectivity index (χ0) is 12.7. The Morgan fingerprint density at radius 3 is 2.82 bits per heavy atom. The molecule has 102 valence electrons. The van der Waals surface area contributed by atoms with E-state index in [1.165, 1.54) is 32.4 Å². The second-order valence-electron chi connectivity index (χ2n) is 5.81. The first-order chi connectivity index (χ1) is 8.08. The number of nitrogens with zero attached hydrogens (tertiary/aromatic N) is 1. The van der Waals surface area contributed by atoms with E-state index in [0.717, 1.165) is 25.5 Å². The van der Waals surface area contributed by atoms with Crippen LogP contribution in [-0.4, -0.2) is 43.3 Å². The van der Waals surface area contributed by atoms with Crippen molar-refractivity contribution >= 4 is 0 Å². The van der Waals surface area contributed by atoms with E-state index in [0.29, 0.717) is 12.1 Å². The van der Waals surface area contributed by atoms with Gasteiger partial charge in [0.2, 0.25) is 0 Å². The second kappa shape index (κ2) is 8.06. The molecule has 3 unspecified atom stereocenters. The molecule has 1 fully saturated rings. The van der Waals surface area contributed by atoms with Crippen molar-refractivity contribution in [1.29, 1.82) is 0 Å². The number of hydrogen-bond acceptors (Lipinski definition) is 3. The Kier molecular flexibility index (Phi) is 7.09. The van der Waals surface area contributed by atoms with Crippen molar-refractivity contribution in [2.24, 2.45) is 11.7 Å². The van der Waals surface area contributed by atoms with Crippen LogP contribution in [0.5, 0.6) is 0 Å². The van der Waals surface area contributed by atoms with Crippen LogP contribution in [0.3, 0.4) is 0 Å². The van der Waals surface area contributed by atoms with Crippen LogP contribution in [0.15, 0.2) is 0 Å². The largest absolute Gasteiger partial charge is 0.377 e. The average molecular weight is 242 g/mol. The predicted octanol–water partition coefficient (Wildman–Crippen LogP) is 2.25. The van der Waals surface area contributed by atoms with Gasteiger partial charge in [0.05, 0.1) is 6.10 Å². The summed E-state index contributed by atoms with van der Waals surface area (Å²) in [6.07, 6.45) is 5.29. The fourth-order valence-corrected chi connectivity index (χ4v) is 2.57. The topological polar surface area (TPSA) is 38.5 Å². The fraction of sp³-hybridized carbons (Fsp3) is 1.00. The van der Waals surface area contributed by atoms with E-state index < -0.39 is 0 Å². The zero-order valence-corrected chi connectivity index (χ0v) is 11.8. The van der Waals surface area contributed by atoms with Crippen LogP contribution in [-0.2, 0) is 4.74 Å². The Bertz CT molecular complexity index is 197. The lowest BCUT2D eigenvalue weighted by molar-refractivity contribution is 0.0656. The van der Waals surface area contributed by atoms with Gasteiger partial charge in [-0.1, -0.05) is 13.3 Å². The molecule has 3 heteroatoms. The smallest absolute Gasteiger partial charge is 0.0673 e. The van der Waals surface area contributed by atoms with Gasteiger partial charge in [0, 0.05) is 32.3 Å². The monoisotopic (exact) mass is 242 g/mol. The molecule has 3 nitrogen and oxygen atoms in total. The van der Waals surface area contributed by atoms with Gasteiger partial charge >= 0.3 is 0 Å². The standard InChI is InChI=1S/C14H30N2O/c1-12(6-4-7-13(2)15)10-16-8-5-9-17-14(3)11-16/h12-14H,4-11,15H2,1-3H3. The molecule has 0 aliphatic carbocycles. The molecule has 2 N–H and O–H groups in total. The van der Waals surface area contributed by atoms with Crippen LogP contribution >= 0.6 is 0 Å². The van der Waals surface area contributed by atoms with Crippen LogP contribution in [0, 0.1) is 5.92 Å². The fourth-order valence-electron chi connectivity index (χ4n) is 2.57. The van der Waals surface area contributed by atoms with Crippen LogP contribution in [0.4, 0.5) is 0 Å². The number of ether oxygens (including phenoxy) is 1. The first kappa shape index (κ1) is 14.9. The summed E-state index contributed by atoms with van der Waals surface area (Å²) in [6, 6.07) is 0.355. The third kappa shape index (κ3) is 7.02. The highest BCUT2D eigenvalue weighted by molar-refractivity contribution is 4.69. The molecule has 0 aromatic heterocycles. The van der Waals surface area contributed by atoms with Crippen molar-refractivity contribution < 1.29 is 4.74 Å². The van der Waals surface area contributed by atoms with Gasteiger partial charge in [0.1, 0.15) is 0 Å². The molecule has 0 bridgehead atoms. The Labute approximate surface area is 107 Å². The highest BCUT2D eigenvalue weighted by Crippen LogP contribution is 2.13. The van der Waals surface area contributed by atoms with Crippen LogP contribution in [0.25, 0.3) is 0 Å². The van der Waals surface area contributed by atoms with E-state index in [4.69, 9.17) is 10.5 Å². The molecular weight excluding hydrogens is 212 g/mol.